The lowest BCUT2D eigenvalue weighted by atomic mass is 10.2. The molecule has 0 heterocycles. The molecular formula is C15H13ClN2O3. The van der Waals surface area contributed by atoms with Gasteiger partial charge in [-0.25, -0.2) is 5.43 Å². The van der Waals surface area contributed by atoms with E-state index in [1.165, 1.54) is 24.4 Å². The minimum absolute atomic E-state index is 0.0553. The molecule has 0 unspecified atom stereocenters. The zero-order valence-corrected chi connectivity index (χ0v) is 12.0. The van der Waals surface area contributed by atoms with Crippen molar-refractivity contribution >= 4 is 23.7 Å². The van der Waals surface area contributed by atoms with Gasteiger partial charge in [-0.1, -0.05) is 23.7 Å². The van der Waals surface area contributed by atoms with Gasteiger partial charge >= 0.3 is 0 Å². The van der Waals surface area contributed by atoms with E-state index in [1.807, 2.05) is 12.1 Å². The van der Waals surface area contributed by atoms with Crippen LogP contribution in [0, 0.1) is 0 Å². The highest BCUT2D eigenvalue weighted by Crippen LogP contribution is 2.21. The molecule has 108 valence electrons. The number of rotatable bonds is 4. The molecule has 5 nitrogen and oxygen atoms in total. The van der Waals surface area contributed by atoms with Crippen molar-refractivity contribution in [1.29, 1.82) is 0 Å². The van der Waals surface area contributed by atoms with Crippen molar-refractivity contribution in [3.8, 4) is 11.5 Å². The molecule has 0 aliphatic rings. The van der Waals surface area contributed by atoms with Gasteiger partial charge in [0.15, 0.2) is 0 Å². The summed E-state index contributed by atoms with van der Waals surface area (Å²) in [5.74, 6) is -0.0772. The van der Waals surface area contributed by atoms with Crippen LogP contribution in [0.15, 0.2) is 47.6 Å². The Morgan fingerprint density at radius 3 is 2.86 bits per heavy atom. The van der Waals surface area contributed by atoms with E-state index in [2.05, 4.69) is 10.5 Å². The fourth-order valence-electron chi connectivity index (χ4n) is 1.68. The molecule has 2 aromatic carbocycles. The van der Waals surface area contributed by atoms with Crippen molar-refractivity contribution < 1.29 is 14.6 Å². The highest BCUT2D eigenvalue weighted by atomic mass is 35.5. The molecule has 0 bridgehead atoms. The molecule has 2 aromatic rings. The predicted molar refractivity (Wildman–Crippen MR) is 81.2 cm³/mol. The molecule has 0 aliphatic carbocycles. The van der Waals surface area contributed by atoms with E-state index in [0.717, 1.165) is 5.56 Å². The predicted octanol–water partition coefficient (Wildman–Crippen LogP) is 2.82. The standard InChI is InChI=1S/C15H13ClN2O3/c1-21-14-5-3-2-4-10(14)9-17-18-15(20)12-8-11(16)6-7-13(12)19/h2-9,19H,1H3,(H,18,20)/b17-9-. The molecule has 21 heavy (non-hydrogen) atoms. The van der Waals surface area contributed by atoms with Gasteiger partial charge in [-0.2, -0.15) is 5.10 Å². The summed E-state index contributed by atoms with van der Waals surface area (Å²) >= 11 is 5.78. The van der Waals surface area contributed by atoms with Crippen molar-refractivity contribution in [2.24, 2.45) is 5.10 Å². The highest BCUT2D eigenvalue weighted by Gasteiger charge is 2.10. The van der Waals surface area contributed by atoms with Crippen LogP contribution in [-0.4, -0.2) is 24.3 Å². The lowest BCUT2D eigenvalue weighted by Crippen LogP contribution is -2.17. The highest BCUT2D eigenvalue weighted by molar-refractivity contribution is 6.31. The number of para-hydroxylation sites is 1. The van der Waals surface area contributed by atoms with Crippen LogP contribution in [0.4, 0.5) is 0 Å². The SMILES string of the molecule is COc1ccccc1/C=N\NC(=O)c1cc(Cl)ccc1O. The summed E-state index contributed by atoms with van der Waals surface area (Å²) < 4.78 is 5.16. The van der Waals surface area contributed by atoms with E-state index in [9.17, 15) is 9.90 Å². The third kappa shape index (κ3) is 3.73. The molecule has 0 radical (unpaired) electrons. The van der Waals surface area contributed by atoms with E-state index >= 15 is 0 Å². The van der Waals surface area contributed by atoms with Gasteiger partial charge in [-0.15, -0.1) is 0 Å². The number of hydrogen-bond donors (Lipinski definition) is 2. The summed E-state index contributed by atoms with van der Waals surface area (Å²) in [5.41, 5.74) is 3.10. The topological polar surface area (TPSA) is 70.9 Å². The van der Waals surface area contributed by atoms with Crippen LogP contribution in [0.3, 0.4) is 0 Å². The minimum Gasteiger partial charge on any atom is -0.507 e. The van der Waals surface area contributed by atoms with Crippen LogP contribution >= 0.6 is 11.6 Å². The number of benzene rings is 2. The lowest BCUT2D eigenvalue weighted by Gasteiger charge is -2.04. The van der Waals surface area contributed by atoms with Gasteiger partial charge in [0.25, 0.3) is 5.91 Å². The zero-order valence-electron chi connectivity index (χ0n) is 11.2. The van der Waals surface area contributed by atoms with Gasteiger partial charge in [0.05, 0.1) is 18.9 Å². The van der Waals surface area contributed by atoms with E-state index in [-0.39, 0.29) is 11.3 Å². The van der Waals surface area contributed by atoms with Crippen LogP contribution in [0.25, 0.3) is 0 Å². The number of carbonyl (C=O) groups excluding carboxylic acids is 1. The van der Waals surface area contributed by atoms with Crippen molar-refractivity contribution in [2.45, 2.75) is 0 Å². The number of aromatic hydroxyl groups is 1. The quantitative estimate of drug-likeness (QED) is 0.674. The molecule has 0 saturated carbocycles. The zero-order chi connectivity index (χ0) is 15.2. The Balaban J connectivity index is 2.10. The second-order valence-corrected chi connectivity index (χ2v) is 4.54. The van der Waals surface area contributed by atoms with E-state index < -0.39 is 5.91 Å². The molecule has 0 aromatic heterocycles. The fraction of sp³-hybridized carbons (Fsp3) is 0.0667. The maximum absolute atomic E-state index is 11.9. The van der Waals surface area contributed by atoms with Gasteiger partial charge < -0.3 is 9.84 Å². The van der Waals surface area contributed by atoms with E-state index in [4.69, 9.17) is 16.3 Å². The molecular weight excluding hydrogens is 292 g/mol. The van der Waals surface area contributed by atoms with Gasteiger partial charge in [0.1, 0.15) is 11.5 Å². The number of phenols is 1. The molecule has 2 rings (SSSR count). The van der Waals surface area contributed by atoms with Crippen molar-refractivity contribution in [2.75, 3.05) is 7.11 Å². The van der Waals surface area contributed by atoms with Gasteiger partial charge in [-0.05, 0) is 30.3 Å². The second kappa shape index (κ2) is 6.76. The van der Waals surface area contributed by atoms with Crippen LogP contribution in [0.1, 0.15) is 15.9 Å². The summed E-state index contributed by atoms with van der Waals surface area (Å²) in [6, 6.07) is 11.4. The number of methoxy groups -OCH3 is 1. The average molecular weight is 305 g/mol. The van der Waals surface area contributed by atoms with Gasteiger partial charge in [-0.3, -0.25) is 4.79 Å². The smallest absolute Gasteiger partial charge is 0.275 e. The summed E-state index contributed by atoms with van der Waals surface area (Å²) in [6.07, 6.45) is 1.46. The molecule has 0 saturated heterocycles. The number of nitrogens with zero attached hydrogens (tertiary/aromatic N) is 1. The first-order valence-electron chi connectivity index (χ1n) is 6.06. The molecule has 0 aliphatic heterocycles. The lowest BCUT2D eigenvalue weighted by molar-refractivity contribution is 0.0952. The Morgan fingerprint density at radius 1 is 1.33 bits per heavy atom. The van der Waals surface area contributed by atoms with Crippen molar-refractivity contribution in [1.82, 2.24) is 5.43 Å². The van der Waals surface area contributed by atoms with Gasteiger partial charge in [0.2, 0.25) is 0 Å². The maximum atomic E-state index is 11.9. The largest absolute Gasteiger partial charge is 0.507 e. The average Bonchev–Trinajstić information content (AvgIpc) is 2.50. The summed E-state index contributed by atoms with van der Waals surface area (Å²) in [6.45, 7) is 0. The third-order valence-electron chi connectivity index (χ3n) is 2.71. The Hall–Kier alpha value is -2.53. The molecule has 1 amide bonds. The molecule has 0 atom stereocenters. The first-order chi connectivity index (χ1) is 10.1. The van der Waals surface area contributed by atoms with Gasteiger partial charge in [0, 0.05) is 10.6 Å². The van der Waals surface area contributed by atoms with E-state index in [1.54, 1.807) is 19.2 Å². The Bertz CT molecular complexity index is 686. The minimum atomic E-state index is -0.554. The first kappa shape index (κ1) is 14.9. The van der Waals surface area contributed by atoms with E-state index in [0.29, 0.717) is 10.8 Å². The van der Waals surface area contributed by atoms with Crippen LogP contribution in [0.2, 0.25) is 5.02 Å². The van der Waals surface area contributed by atoms with Crippen molar-refractivity contribution in [3.05, 3.63) is 58.6 Å². The number of phenolic OH excluding ortho intramolecular Hbond substituents is 1. The molecule has 0 spiro atoms. The maximum Gasteiger partial charge on any atom is 0.275 e. The van der Waals surface area contributed by atoms with Crippen LogP contribution in [-0.2, 0) is 0 Å². The summed E-state index contributed by atoms with van der Waals surface area (Å²) in [4.78, 5) is 11.9. The van der Waals surface area contributed by atoms with Crippen LogP contribution < -0.4 is 10.2 Å². The number of carbonyl (C=O) groups is 1. The number of hydrazone groups is 1. The number of halogens is 1. The Morgan fingerprint density at radius 2 is 2.10 bits per heavy atom. The number of hydrogen-bond acceptors (Lipinski definition) is 4. The number of nitrogens with one attached hydrogen (secondary N) is 1. The number of amides is 1. The summed E-state index contributed by atoms with van der Waals surface area (Å²) in [7, 11) is 1.55. The molecule has 6 heteroatoms. The summed E-state index contributed by atoms with van der Waals surface area (Å²) in [5, 5.41) is 13.8. The number of ether oxygens (including phenoxy) is 1. The normalized spacial score (nSPS) is 10.6. The van der Waals surface area contributed by atoms with Crippen molar-refractivity contribution in [3.63, 3.8) is 0 Å². The molecule has 2 N–H and O–H groups in total. The van der Waals surface area contributed by atoms with Crippen LogP contribution in [0.5, 0.6) is 11.5 Å². The Kier molecular flexibility index (Phi) is 4.79. The monoisotopic (exact) mass is 304 g/mol. The first-order valence-corrected chi connectivity index (χ1v) is 6.44. The third-order valence-corrected chi connectivity index (χ3v) is 2.95. The Labute approximate surface area is 126 Å². The molecule has 0 fully saturated rings. The second-order valence-electron chi connectivity index (χ2n) is 4.10. The fourth-order valence-corrected chi connectivity index (χ4v) is 1.86.